The molecular formula is C15H20ClFO. The summed E-state index contributed by atoms with van der Waals surface area (Å²) in [5.41, 5.74) is 0.439. The molecular weight excluding hydrogens is 251 g/mol. The van der Waals surface area contributed by atoms with Gasteiger partial charge in [0, 0.05) is 6.42 Å². The Kier molecular flexibility index (Phi) is 4.29. The average molecular weight is 271 g/mol. The maximum atomic E-state index is 13.8. The largest absolute Gasteiger partial charge is 0.392 e. The molecule has 0 saturated heterocycles. The molecule has 0 bridgehead atoms. The number of aliphatic hydroxyl groups excluding tert-OH is 1. The Morgan fingerprint density at radius 1 is 1.33 bits per heavy atom. The van der Waals surface area contributed by atoms with E-state index in [0.717, 1.165) is 25.7 Å². The molecule has 0 aromatic heterocycles. The molecule has 1 unspecified atom stereocenters. The Morgan fingerprint density at radius 2 is 2.00 bits per heavy atom. The Bertz CT molecular complexity index is 413. The van der Waals surface area contributed by atoms with Crippen LogP contribution in [-0.2, 0) is 6.42 Å². The van der Waals surface area contributed by atoms with E-state index in [9.17, 15) is 9.50 Å². The van der Waals surface area contributed by atoms with Gasteiger partial charge in [0.1, 0.15) is 5.82 Å². The van der Waals surface area contributed by atoms with Gasteiger partial charge in [-0.15, -0.1) is 0 Å². The lowest BCUT2D eigenvalue weighted by atomic mass is 9.70. The molecule has 1 aromatic carbocycles. The molecule has 1 atom stereocenters. The molecule has 1 aromatic rings. The summed E-state index contributed by atoms with van der Waals surface area (Å²) in [6, 6.07) is 4.97. The van der Waals surface area contributed by atoms with E-state index in [4.69, 9.17) is 11.6 Å². The van der Waals surface area contributed by atoms with Crippen LogP contribution in [0.15, 0.2) is 18.2 Å². The molecule has 1 aliphatic rings. The van der Waals surface area contributed by atoms with E-state index in [-0.39, 0.29) is 10.4 Å². The Hall–Kier alpha value is -0.600. The summed E-state index contributed by atoms with van der Waals surface area (Å²) in [6.45, 7) is 2.11. The fourth-order valence-electron chi connectivity index (χ4n) is 2.85. The molecule has 0 spiro atoms. The van der Waals surface area contributed by atoms with Gasteiger partial charge in [-0.1, -0.05) is 49.9 Å². The van der Waals surface area contributed by atoms with Crippen LogP contribution in [-0.4, -0.2) is 11.2 Å². The quantitative estimate of drug-likeness (QED) is 0.866. The number of halogens is 2. The van der Waals surface area contributed by atoms with E-state index >= 15 is 0 Å². The van der Waals surface area contributed by atoms with E-state index in [2.05, 4.69) is 6.92 Å². The third-order valence-electron chi connectivity index (χ3n) is 4.25. The lowest BCUT2D eigenvalue weighted by Crippen LogP contribution is -2.36. The lowest BCUT2D eigenvalue weighted by Gasteiger charge is -2.38. The second kappa shape index (κ2) is 5.58. The molecule has 1 aliphatic carbocycles. The Balaban J connectivity index is 2.10. The SMILES string of the molecule is CC1(C(O)Cc2cccc(Cl)c2F)CCCCC1. The second-order valence-electron chi connectivity index (χ2n) is 5.65. The summed E-state index contributed by atoms with van der Waals surface area (Å²) in [5.74, 6) is -0.391. The van der Waals surface area contributed by atoms with Crippen LogP contribution in [0, 0.1) is 11.2 Å². The first-order valence-corrected chi connectivity index (χ1v) is 7.02. The van der Waals surface area contributed by atoms with E-state index in [1.165, 1.54) is 12.5 Å². The number of rotatable bonds is 3. The van der Waals surface area contributed by atoms with E-state index in [1.807, 2.05) is 0 Å². The van der Waals surface area contributed by atoms with Crippen molar-refractivity contribution in [2.24, 2.45) is 5.41 Å². The van der Waals surface area contributed by atoms with Crippen molar-refractivity contribution in [1.82, 2.24) is 0 Å². The molecule has 1 nitrogen and oxygen atoms in total. The third-order valence-corrected chi connectivity index (χ3v) is 4.54. The topological polar surface area (TPSA) is 20.2 Å². The fourth-order valence-corrected chi connectivity index (χ4v) is 3.05. The van der Waals surface area contributed by atoms with Crippen molar-refractivity contribution in [3.63, 3.8) is 0 Å². The third kappa shape index (κ3) is 2.86. The highest BCUT2D eigenvalue weighted by Gasteiger charge is 2.34. The van der Waals surface area contributed by atoms with Gasteiger partial charge in [-0.05, 0) is 29.9 Å². The molecule has 0 amide bonds. The van der Waals surface area contributed by atoms with Crippen LogP contribution in [0.5, 0.6) is 0 Å². The molecule has 2 rings (SSSR count). The van der Waals surface area contributed by atoms with Gasteiger partial charge in [0.2, 0.25) is 0 Å². The normalized spacial score (nSPS) is 20.7. The monoisotopic (exact) mass is 270 g/mol. The van der Waals surface area contributed by atoms with Crippen LogP contribution in [0.4, 0.5) is 4.39 Å². The van der Waals surface area contributed by atoms with Gasteiger partial charge in [-0.25, -0.2) is 4.39 Å². The van der Waals surface area contributed by atoms with Gasteiger partial charge in [0.05, 0.1) is 11.1 Å². The molecule has 1 N–H and O–H groups in total. The fraction of sp³-hybridized carbons (Fsp3) is 0.600. The minimum atomic E-state index is -0.495. The van der Waals surface area contributed by atoms with E-state index < -0.39 is 11.9 Å². The Labute approximate surface area is 113 Å². The van der Waals surface area contributed by atoms with Crippen molar-refractivity contribution in [3.8, 4) is 0 Å². The molecule has 0 heterocycles. The maximum Gasteiger partial charge on any atom is 0.145 e. The summed E-state index contributed by atoms with van der Waals surface area (Å²) >= 11 is 5.76. The molecule has 18 heavy (non-hydrogen) atoms. The highest BCUT2D eigenvalue weighted by atomic mass is 35.5. The van der Waals surface area contributed by atoms with Crippen LogP contribution in [0.25, 0.3) is 0 Å². The predicted molar refractivity (Wildman–Crippen MR) is 72.3 cm³/mol. The lowest BCUT2D eigenvalue weighted by molar-refractivity contribution is 0.00989. The number of benzene rings is 1. The van der Waals surface area contributed by atoms with Crippen molar-refractivity contribution in [1.29, 1.82) is 0 Å². The van der Waals surface area contributed by atoms with Crippen LogP contribution < -0.4 is 0 Å². The number of hydrogen-bond donors (Lipinski definition) is 1. The minimum Gasteiger partial charge on any atom is -0.392 e. The zero-order chi connectivity index (χ0) is 13.2. The molecule has 1 saturated carbocycles. The highest BCUT2D eigenvalue weighted by molar-refractivity contribution is 6.30. The smallest absolute Gasteiger partial charge is 0.145 e. The molecule has 0 aliphatic heterocycles. The maximum absolute atomic E-state index is 13.8. The predicted octanol–water partition coefficient (Wildman–Crippen LogP) is 4.35. The second-order valence-corrected chi connectivity index (χ2v) is 6.05. The summed E-state index contributed by atoms with van der Waals surface area (Å²) < 4.78 is 13.8. The summed E-state index contributed by atoms with van der Waals surface area (Å²) in [5, 5.41) is 10.5. The zero-order valence-electron chi connectivity index (χ0n) is 10.8. The molecule has 0 radical (unpaired) electrons. The summed E-state index contributed by atoms with van der Waals surface area (Å²) in [6.07, 6.45) is 5.46. The first-order chi connectivity index (χ1) is 8.53. The van der Waals surface area contributed by atoms with Gasteiger partial charge in [-0.3, -0.25) is 0 Å². The van der Waals surface area contributed by atoms with Crippen molar-refractivity contribution in [2.75, 3.05) is 0 Å². The molecule has 1 fully saturated rings. The minimum absolute atomic E-state index is 0.0764. The number of hydrogen-bond acceptors (Lipinski definition) is 1. The number of aliphatic hydroxyl groups is 1. The highest BCUT2D eigenvalue weighted by Crippen LogP contribution is 2.40. The van der Waals surface area contributed by atoms with Gasteiger partial charge in [0.15, 0.2) is 0 Å². The molecule has 3 heteroatoms. The van der Waals surface area contributed by atoms with Crippen molar-refractivity contribution < 1.29 is 9.50 Å². The average Bonchev–Trinajstić information content (AvgIpc) is 2.36. The Morgan fingerprint density at radius 3 is 2.67 bits per heavy atom. The van der Waals surface area contributed by atoms with Gasteiger partial charge in [0.25, 0.3) is 0 Å². The van der Waals surface area contributed by atoms with Gasteiger partial charge < -0.3 is 5.11 Å². The van der Waals surface area contributed by atoms with Crippen LogP contribution in [0.2, 0.25) is 5.02 Å². The van der Waals surface area contributed by atoms with Crippen molar-refractivity contribution in [2.45, 2.75) is 51.6 Å². The van der Waals surface area contributed by atoms with E-state index in [1.54, 1.807) is 12.1 Å². The van der Waals surface area contributed by atoms with Crippen molar-refractivity contribution in [3.05, 3.63) is 34.6 Å². The summed E-state index contributed by atoms with van der Waals surface area (Å²) in [7, 11) is 0. The first kappa shape index (κ1) is 13.8. The van der Waals surface area contributed by atoms with Crippen LogP contribution >= 0.6 is 11.6 Å². The standard InChI is InChI=1S/C15H20ClFO/c1-15(8-3-2-4-9-15)13(18)10-11-6-5-7-12(16)14(11)17/h5-7,13,18H,2-4,8-10H2,1H3. The first-order valence-electron chi connectivity index (χ1n) is 6.64. The summed E-state index contributed by atoms with van der Waals surface area (Å²) in [4.78, 5) is 0. The zero-order valence-corrected chi connectivity index (χ0v) is 11.5. The van der Waals surface area contributed by atoms with Gasteiger partial charge in [-0.2, -0.15) is 0 Å². The van der Waals surface area contributed by atoms with Crippen molar-refractivity contribution >= 4 is 11.6 Å². The molecule has 100 valence electrons. The van der Waals surface area contributed by atoms with Gasteiger partial charge >= 0.3 is 0 Å². The van der Waals surface area contributed by atoms with Crippen LogP contribution in [0.3, 0.4) is 0 Å². The van der Waals surface area contributed by atoms with E-state index in [0.29, 0.717) is 12.0 Å². The van der Waals surface area contributed by atoms with Crippen LogP contribution in [0.1, 0.15) is 44.6 Å².